The van der Waals surface area contributed by atoms with Crippen LogP contribution < -0.4 is 5.32 Å². The first kappa shape index (κ1) is 8.49. The number of phenolic OH excluding ortho intramolecular Hbond substituents is 1. The minimum absolute atomic E-state index is 0.256. The summed E-state index contributed by atoms with van der Waals surface area (Å²) in [7, 11) is 0. The predicted molar refractivity (Wildman–Crippen MR) is 55.8 cm³/mol. The fraction of sp³-hybridized carbons (Fsp3) is 0.182. The third-order valence-electron chi connectivity index (χ3n) is 2.61. The van der Waals surface area contributed by atoms with Crippen molar-refractivity contribution in [1.29, 1.82) is 0 Å². The number of rotatable bonds is 1. The lowest BCUT2D eigenvalue weighted by Gasteiger charge is -2.03. The molecule has 76 valence electrons. The Kier molecular flexibility index (Phi) is 1.76. The van der Waals surface area contributed by atoms with Gasteiger partial charge in [0.25, 0.3) is 0 Å². The summed E-state index contributed by atoms with van der Waals surface area (Å²) in [6.07, 6.45) is 1.96. The van der Waals surface area contributed by atoms with Crippen LogP contribution in [-0.4, -0.2) is 14.9 Å². The van der Waals surface area contributed by atoms with E-state index in [0.717, 1.165) is 24.5 Å². The fourth-order valence-electron chi connectivity index (χ4n) is 1.84. The van der Waals surface area contributed by atoms with Gasteiger partial charge in [-0.2, -0.15) is 5.10 Å². The molecular weight excluding hydrogens is 190 g/mol. The van der Waals surface area contributed by atoms with Gasteiger partial charge in [0.1, 0.15) is 11.4 Å². The van der Waals surface area contributed by atoms with Gasteiger partial charge in [-0.3, -0.25) is 0 Å². The smallest absolute Gasteiger partial charge is 0.141 e. The molecule has 2 heterocycles. The van der Waals surface area contributed by atoms with E-state index in [2.05, 4.69) is 10.4 Å². The molecule has 2 N–H and O–H groups in total. The second kappa shape index (κ2) is 3.10. The average molecular weight is 201 g/mol. The van der Waals surface area contributed by atoms with Crippen LogP contribution in [0, 0.1) is 0 Å². The minimum atomic E-state index is 0.256. The highest BCUT2D eigenvalue weighted by atomic mass is 16.3. The first-order valence-electron chi connectivity index (χ1n) is 4.91. The van der Waals surface area contributed by atoms with E-state index in [1.807, 2.05) is 18.3 Å². The van der Waals surface area contributed by atoms with E-state index in [9.17, 15) is 5.11 Å². The van der Waals surface area contributed by atoms with Crippen LogP contribution >= 0.6 is 0 Å². The molecule has 0 radical (unpaired) electrons. The normalized spacial score (nSPS) is 14.1. The van der Waals surface area contributed by atoms with E-state index in [-0.39, 0.29) is 5.75 Å². The van der Waals surface area contributed by atoms with Crippen molar-refractivity contribution in [2.75, 3.05) is 0 Å². The number of nitrogens with zero attached hydrogens (tertiary/aromatic N) is 2. The number of nitrogens with one attached hydrogen (secondary N) is 1. The molecule has 0 saturated carbocycles. The van der Waals surface area contributed by atoms with Gasteiger partial charge >= 0.3 is 0 Å². The number of aromatic nitrogens is 2. The minimum Gasteiger partial charge on any atom is -0.506 e. The molecule has 0 aliphatic carbocycles. The topological polar surface area (TPSA) is 50.1 Å². The zero-order chi connectivity index (χ0) is 10.3. The molecular formula is C11H11N3O. The first-order chi connectivity index (χ1) is 7.34. The van der Waals surface area contributed by atoms with E-state index in [0.29, 0.717) is 0 Å². The van der Waals surface area contributed by atoms with Crippen LogP contribution in [0.5, 0.6) is 5.75 Å². The maximum Gasteiger partial charge on any atom is 0.141 e. The molecule has 4 heteroatoms. The van der Waals surface area contributed by atoms with Crippen molar-refractivity contribution in [1.82, 2.24) is 15.1 Å². The van der Waals surface area contributed by atoms with Crippen molar-refractivity contribution >= 4 is 0 Å². The molecule has 0 amide bonds. The molecule has 3 rings (SSSR count). The van der Waals surface area contributed by atoms with Gasteiger partial charge in [0.2, 0.25) is 0 Å². The maximum atomic E-state index is 9.68. The predicted octanol–water partition coefficient (Wildman–Crippen LogP) is 1.18. The SMILES string of the molecule is Oc1ccccc1-n1cc2c(n1)CNC2. The number of hydrogen-bond acceptors (Lipinski definition) is 3. The highest BCUT2D eigenvalue weighted by Crippen LogP contribution is 2.22. The van der Waals surface area contributed by atoms with Gasteiger partial charge in [-0.25, -0.2) is 4.68 Å². The third-order valence-corrected chi connectivity index (χ3v) is 2.61. The quantitative estimate of drug-likeness (QED) is 0.728. The van der Waals surface area contributed by atoms with E-state index < -0.39 is 0 Å². The van der Waals surface area contributed by atoms with Gasteiger partial charge in [0.05, 0.1) is 5.69 Å². The van der Waals surface area contributed by atoms with Crippen LogP contribution in [0.2, 0.25) is 0 Å². The van der Waals surface area contributed by atoms with E-state index in [4.69, 9.17) is 0 Å². The summed E-state index contributed by atoms with van der Waals surface area (Å²) in [4.78, 5) is 0. The highest BCUT2D eigenvalue weighted by Gasteiger charge is 2.15. The van der Waals surface area contributed by atoms with Gasteiger partial charge in [-0.15, -0.1) is 0 Å². The number of aromatic hydroxyl groups is 1. The van der Waals surface area contributed by atoms with Gasteiger partial charge in [-0.1, -0.05) is 12.1 Å². The molecule has 1 aromatic carbocycles. The van der Waals surface area contributed by atoms with E-state index in [1.165, 1.54) is 5.56 Å². The molecule has 0 bridgehead atoms. The standard InChI is InChI=1S/C11H11N3O/c15-11-4-2-1-3-10(11)14-7-8-5-12-6-9(8)13-14/h1-4,7,12,15H,5-6H2. The fourth-order valence-corrected chi connectivity index (χ4v) is 1.84. The molecule has 1 aliphatic heterocycles. The van der Waals surface area contributed by atoms with Crippen molar-refractivity contribution in [3.05, 3.63) is 41.7 Å². The largest absolute Gasteiger partial charge is 0.506 e. The van der Waals surface area contributed by atoms with Gasteiger partial charge in [-0.05, 0) is 12.1 Å². The lowest BCUT2D eigenvalue weighted by atomic mass is 10.3. The van der Waals surface area contributed by atoms with Crippen molar-refractivity contribution in [3.8, 4) is 11.4 Å². The second-order valence-corrected chi connectivity index (χ2v) is 3.64. The van der Waals surface area contributed by atoms with E-state index >= 15 is 0 Å². The Morgan fingerprint density at radius 1 is 1.27 bits per heavy atom. The van der Waals surface area contributed by atoms with Gasteiger partial charge in [0.15, 0.2) is 0 Å². The molecule has 15 heavy (non-hydrogen) atoms. The molecule has 0 fully saturated rings. The number of para-hydroxylation sites is 2. The number of fused-ring (bicyclic) bond motifs is 1. The summed E-state index contributed by atoms with van der Waals surface area (Å²) in [5.74, 6) is 0.256. The molecule has 1 aliphatic rings. The summed E-state index contributed by atoms with van der Waals surface area (Å²) in [5.41, 5.74) is 3.00. The Hall–Kier alpha value is -1.81. The lowest BCUT2D eigenvalue weighted by Crippen LogP contribution is -2.05. The molecule has 0 unspecified atom stereocenters. The summed E-state index contributed by atoms with van der Waals surface area (Å²) in [5, 5.41) is 17.3. The average Bonchev–Trinajstić information content (AvgIpc) is 2.77. The van der Waals surface area contributed by atoms with E-state index in [1.54, 1.807) is 16.8 Å². The van der Waals surface area contributed by atoms with Crippen LogP contribution in [-0.2, 0) is 13.1 Å². The van der Waals surface area contributed by atoms with Crippen molar-refractivity contribution < 1.29 is 5.11 Å². The number of hydrogen-bond donors (Lipinski definition) is 2. The summed E-state index contributed by atoms with van der Waals surface area (Å²) >= 11 is 0. The molecule has 0 saturated heterocycles. The number of phenols is 1. The van der Waals surface area contributed by atoms with Crippen LogP contribution in [0.25, 0.3) is 5.69 Å². The Labute approximate surface area is 87.2 Å². The van der Waals surface area contributed by atoms with Crippen LogP contribution in [0.1, 0.15) is 11.3 Å². The monoisotopic (exact) mass is 201 g/mol. The Morgan fingerprint density at radius 3 is 2.93 bits per heavy atom. The molecule has 1 aromatic heterocycles. The van der Waals surface area contributed by atoms with Crippen molar-refractivity contribution in [2.45, 2.75) is 13.1 Å². The Morgan fingerprint density at radius 2 is 2.13 bits per heavy atom. The zero-order valence-electron chi connectivity index (χ0n) is 8.14. The summed E-state index contributed by atoms with van der Waals surface area (Å²) < 4.78 is 1.74. The second-order valence-electron chi connectivity index (χ2n) is 3.64. The molecule has 0 atom stereocenters. The van der Waals surface area contributed by atoms with Gasteiger partial charge in [0, 0.05) is 24.8 Å². The Balaban J connectivity index is 2.10. The van der Waals surface area contributed by atoms with Crippen molar-refractivity contribution in [2.24, 2.45) is 0 Å². The third kappa shape index (κ3) is 1.30. The molecule has 2 aromatic rings. The van der Waals surface area contributed by atoms with Crippen LogP contribution in [0.15, 0.2) is 30.5 Å². The van der Waals surface area contributed by atoms with Crippen LogP contribution in [0.3, 0.4) is 0 Å². The zero-order valence-corrected chi connectivity index (χ0v) is 8.14. The molecule has 0 spiro atoms. The molecule has 4 nitrogen and oxygen atoms in total. The first-order valence-corrected chi connectivity index (χ1v) is 4.91. The summed E-state index contributed by atoms with van der Waals surface area (Å²) in [6, 6.07) is 7.21. The Bertz CT molecular complexity index is 483. The van der Waals surface area contributed by atoms with Crippen molar-refractivity contribution in [3.63, 3.8) is 0 Å². The number of benzene rings is 1. The highest BCUT2D eigenvalue weighted by molar-refractivity contribution is 5.45. The van der Waals surface area contributed by atoms with Gasteiger partial charge < -0.3 is 10.4 Å². The maximum absolute atomic E-state index is 9.68. The lowest BCUT2D eigenvalue weighted by molar-refractivity contribution is 0.470. The summed E-state index contributed by atoms with van der Waals surface area (Å²) in [6.45, 7) is 1.68. The van der Waals surface area contributed by atoms with Crippen LogP contribution in [0.4, 0.5) is 0 Å².